The number of imidazole rings is 1. The molecule has 1 aliphatic heterocycles. The highest BCUT2D eigenvalue weighted by molar-refractivity contribution is 5.96. The van der Waals surface area contributed by atoms with Gasteiger partial charge in [-0.25, -0.2) is 9.97 Å². The average Bonchev–Trinajstić information content (AvgIpc) is 3.39. The second-order valence-corrected chi connectivity index (χ2v) is 8.97. The van der Waals surface area contributed by atoms with E-state index in [9.17, 15) is 4.79 Å². The topological polar surface area (TPSA) is 97.8 Å². The molecule has 0 bridgehead atoms. The number of nitrogens with zero attached hydrogens (tertiary/aromatic N) is 4. The molecule has 4 aromatic rings. The van der Waals surface area contributed by atoms with Gasteiger partial charge >= 0.3 is 0 Å². The van der Waals surface area contributed by atoms with Crippen molar-refractivity contribution in [1.82, 2.24) is 19.3 Å². The Hall–Kier alpha value is -3.91. The van der Waals surface area contributed by atoms with Crippen LogP contribution in [0.25, 0.3) is 16.9 Å². The summed E-state index contributed by atoms with van der Waals surface area (Å²) in [6.07, 6.45) is 7.43. The van der Waals surface area contributed by atoms with E-state index in [0.717, 1.165) is 65.4 Å². The number of fused-ring (bicyclic) bond motifs is 1. The van der Waals surface area contributed by atoms with Crippen LogP contribution < -0.4 is 15.8 Å². The van der Waals surface area contributed by atoms with Gasteiger partial charge in [-0.1, -0.05) is 13.8 Å². The molecule has 0 saturated carbocycles. The third-order valence-corrected chi connectivity index (χ3v) is 6.77. The fraction of sp³-hybridized carbons (Fsp3) is 0.345. The fourth-order valence-corrected chi connectivity index (χ4v) is 4.64. The van der Waals surface area contributed by atoms with Crippen molar-refractivity contribution in [2.45, 2.75) is 33.6 Å². The van der Waals surface area contributed by atoms with Crippen LogP contribution in [0, 0.1) is 12.8 Å². The normalized spacial score (nSPS) is 13.7. The third kappa shape index (κ3) is 5.59. The molecule has 0 unspecified atom stereocenters. The molecule has 8 heteroatoms. The monoisotopic (exact) mass is 500 g/mol. The first-order valence-corrected chi connectivity index (χ1v) is 12.9. The lowest BCUT2D eigenvalue weighted by molar-refractivity contribution is 0.0692. The highest BCUT2D eigenvalue weighted by Gasteiger charge is 2.24. The van der Waals surface area contributed by atoms with E-state index < -0.39 is 0 Å². The van der Waals surface area contributed by atoms with Crippen LogP contribution in [-0.4, -0.2) is 51.9 Å². The summed E-state index contributed by atoms with van der Waals surface area (Å²) in [4.78, 5) is 24.1. The van der Waals surface area contributed by atoms with Gasteiger partial charge in [0.25, 0.3) is 5.91 Å². The zero-order chi connectivity index (χ0) is 26.4. The summed E-state index contributed by atoms with van der Waals surface area (Å²) in [6.45, 7) is 8.20. The third-order valence-electron chi connectivity index (χ3n) is 6.77. The molecule has 5 rings (SSSR count). The number of hydrogen-bond donors (Lipinski definition) is 2. The molecule has 1 amide bonds. The molecule has 1 saturated heterocycles. The van der Waals surface area contributed by atoms with Crippen LogP contribution >= 0.6 is 0 Å². The molecule has 1 aliphatic rings. The average molecular weight is 501 g/mol. The van der Waals surface area contributed by atoms with Crippen molar-refractivity contribution in [2.24, 2.45) is 11.7 Å². The molecule has 37 heavy (non-hydrogen) atoms. The summed E-state index contributed by atoms with van der Waals surface area (Å²) in [5.74, 6) is 2.07. The fourth-order valence-electron chi connectivity index (χ4n) is 4.64. The minimum Gasteiger partial charge on any atom is -0.497 e. The van der Waals surface area contributed by atoms with Gasteiger partial charge in [0.1, 0.15) is 5.75 Å². The maximum atomic E-state index is 13.1. The number of nitrogens with one attached hydrogen (secondary N) is 1. The van der Waals surface area contributed by atoms with Gasteiger partial charge in [-0.2, -0.15) is 0 Å². The van der Waals surface area contributed by atoms with Crippen LogP contribution in [0.15, 0.2) is 61.1 Å². The van der Waals surface area contributed by atoms with E-state index in [1.807, 2.05) is 84.9 Å². The number of carbonyl (C=O) groups is 1. The number of aryl methyl sites for hydroxylation is 1. The van der Waals surface area contributed by atoms with Crippen LogP contribution in [0.4, 0.5) is 11.5 Å². The Morgan fingerprint density at radius 2 is 1.84 bits per heavy atom. The highest BCUT2D eigenvalue weighted by Crippen LogP contribution is 2.28. The quantitative estimate of drug-likeness (QED) is 0.373. The van der Waals surface area contributed by atoms with Gasteiger partial charge < -0.3 is 20.7 Å². The first-order chi connectivity index (χ1) is 18.1. The first-order valence-electron chi connectivity index (χ1n) is 12.9. The van der Waals surface area contributed by atoms with Gasteiger partial charge in [-0.05, 0) is 80.3 Å². The molecule has 0 spiro atoms. The van der Waals surface area contributed by atoms with Crippen molar-refractivity contribution >= 4 is 23.1 Å². The van der Waals surface area contributed by atoms with Crippen LogP contribution in [-0.2, 0) is 0 Å². The van der Waals surface area contributed by atoms with E-state index in [1.165, 1.54) is 0 Å². The van der Waals surface area contributed by atoms with Crippen molar-refractivity contribution in [1.29, 1.82) is 0 Å². The number of anilines is 2. The van der Waals surface area contributed by atoms with E-state index in [4.69, 9.17) is 10.5 Å². The van der Waals surface area contributed by atoms with Crippen molar-refractivity contribution in [2.75, 3.05) is 32.1 Å². The number of benzene rings is 2. The Balaban J connectivity index is 0.00000156. The zero-order valence-electron chi connectivity index (χ0n) is 22.1. The van der Waals surface area contributed by atoms with Crippen molar-refractivity contribution in [3.05, 3.63) is 72.2 Å². The molecule has 0 atom stereocenters. The number of likely N-dealkylation sites (tertiary alicyclic amines) is 1. The molecule has 2 aromatic heterocycles. The van der Waals surface area contributed by atoms with Gasteiger partial charge in [0.15, 0.2) is 11.5 Å². The summed E-state index contributed by atoms with van der Waals surface area (Å²) in [6, 6.07) is 13.7. The zero-order valence-corrected chi connectivity index (χ0v) is 22.1. The van der Waals surface area contributed by atoms with Crippen LogP contribution in [0.5, 0.6) is 5.75 Å². The van der Waals surface area contributed by atoms with E-state index in [-0.39, 0.29) is 5.91 Å². The number of carbonyl (C=O) groups excluding carboxylic acids is 1. The second-order valence-electron chi connectivity index (χ2n) is 8.97. The predicted molar refractivity (Wildman–Crippen MR) is 148 cm³/mol. The van der Waals surface area contributed by atoms with E-state index >= 15 is 0 Å². The van der Waals surface area contributed by atoms with Crippen LogP contribution in [0.3, 0.4) is 0 Å². The minimum absolute atomic E-state index is 0.0853. The number of aromatic nitrogens is 3. The molecular formula is C29H36N6O2. The molecule has 3 heterocycles. The standard InChI is InChI=1S/C27H30N6O2.C2H6/c1-18-15-21(5-8-23(18)27(34)32-12-9-19(16-28)10-13-32)31-25-26-30-17-24(33(26)14-11-29-25)20-3-6-22(35-2)7-4-20;1-2/h3-8,11,14-15,17,19H,9-10,12-13,16,28H2,1-2H3,(H,29,31);1-2H3. The number of ether oxygens (including phenoxy) is 1. The van der Waals surface area contributed by atoms with Crippen LogP contribution in [0.1, 0.15) is 42.6 Å². The van der Waals surface area contributed by atoms with E-state index in [1.54, 1.807) is 13.3 Å². The Kier molecular flexibility index (Phi) is 8.40. The van der Waals surface area contributed by atoms with Gasteiger partial charge in [0.2, 0.25) is 0 Å². The molecule has 0 radical (unpaired) electrons. The maximum absolute atomic E-state index is 13.1. The van der Waals surface area contributed by atoms with Crippen molar-refractivity contribution in [3.63, 3.8) is 0 Å². The number of hydrogen-bond acceptors (Lipinski definition) is 6. The van der Waals surface area contributed by atoms with E-state index in [0.29, 0.717) is 18.3 Å². The second kappa shape index (κ2) is 11.9. The summed E-state index contributed by atoms with van der Waals surface area (Å²) < 4.78 is 7.27. The number of piperidine rings is 1. The SMILES string of the molecule is CC.COc1ccc(-c2cnc3c(Nc4ccc(C(=O)N5CCC(CN)CC5)c(C)c4)nccn23)cc1. The number of nitrogens with two attached hydrogens (primary N) is 1. The Morgan fingerprint density at radius 1 is 1.11 bits per heavy atom. The van der Waals surface area contributed by atoms with Crippen molar-refractivity contribution < 1.29 is 9.53 Å². The summed E-state index contributed by atoms with van der Waals surface area (Å²) >= 11 is 0. The summed E-state index contributed by atoms with van der Waals surface area (Å²) in [5.41, 5.74) is 11.0. The Bertz CT molecular complexity index is 1340. The highest BCUT2D eigenvalue weighted by atomic mass is 16.5. The number of methoxy groups -OCH3 is 1. The smallest absolute Gasteiger partial charge is 0.254 e. The first kappa shape index (κ1) is 26.2. The largest absolute Gasteiger partial charge is 0.497 e. The molecular weight excluding hydrogens is 464 g/mol. The summed E-state index contributed by atoms with van der Waals surface area (Å²) in [7, 11) is 1.65. The lowest BCUT2D eigenvalue weighted by atomic mass is 9.96. The Morgan fingerprint density at radius 3 is 2.49 bits per heavy atom. The molecule has 0 aliphatic carbocycles. The molecule has 194 valence electrons. The predicted octanol–water partition coefficient (Wildman–Crippen LogP) is 5.29. The van der Waals surface area contributed by atoms with Gasteiger partial charge in [-0.15, -0.1) is 0 Å². The number of rotatable bonds is 6. The molecule has 1 fully saturated rings. The van der Waals surface area contributed by atoms with Gasteiger partial charge in [0, 0.05) is 42.3 Å². The van der Waals surface area contributed by atoms with Gasteiger partial charge in [-0.3, -0.25) is 9.20 Å². The molecule has 3 N–H and O–H groups in total. The van der Waals surface area contributed by atoms with E-state index in [2.05, 4.69) is 15.3 Å². The van der Waals surface area contributed by atoms with Crippen LogP contribution in [0.2, 0.25) is 0 Å². The minimum atomic E-state index is 0.0853. The maximum Gasteiger partial charge on any atom is 0.254 e. The number of amides is 1. The molecule has 2 aromatic carbocycles. The Labute approximate surface area is 218 Å². The summed E-state index contributed by atoms with van der Waals surface area (Å²) in [5, 5.41) is 3.38. The molecule has 8 nitrogen and oxygen atoms in total. The van der Waals surface area contributed by atoms with Crippen molar-refractivity contribution in [3.8, 4) is 17.0 Å². The van der Waals surface area contributed by atoms with Gasteiger partial charge in [0.05, 0.1) is 19.0 Å². The lowest BCUT2D eigenvalue weighted by Gasteiger charge is -2.31. The lowest BCUT2D eigenvalue weighted by Crippen LogP contribution is -2.40.